The molecule has 0 aromatic heterocycles. The van der Waals surface area contributed by atoms with Gasteiger partial charge >= 0.3 is 0 Å². The van der Waals surface area contributed by atoms with Gasteiger partial charge in [0.1, 0.15) is 11.5 Å². The molecule has 6 rings (SSSR count). The maximum absolute atomic E-state index is 6.47. The molecule has 0 N–H and O–H groups in total. The SMILES string of the molecule is Ic1ccc(C2c3c(ccc4ccccc34)Oc3ccc4ccccc4c32)cc1. The highest BCUT2D eigenvalue weighted by Crippen LogP contribution is 2.52. The number of ether oxygens (including phenoxy) is 1. The molecule has 0 aliphatic carbocycles. The van der Waals surface area contributed by atoms with E-state index in [1.807, 2.05) is 0 Å². The standard InChI is InChI=1S/C27H17IO/c28-20-13-9-19(10-14-20)25-26-21-7-3-1-5-17(21)11-15-23(26)29-24-16-12-18-6-2-4-8-22(18)27(24)25/h1-16,25H. The minimum atomic E-state index is 0.128. The fourth-order valence-corrected chi connectivity index (χ4v) is 4.94. The molecule has 5 aromatic rings. The monoisotopic (exact) mass is 484 g/mol. The van der Waals surface area contributed by atoms with E-state index in [0.717, 1.165) is 11.5 Å². The van der Waals surface area contributed by atoms with E-state index in [4.69, 9.17) is 4.74 Å². The van der Waals surface area contributed by atoms with Crippen LogP contribution in [0.15, 0.2) is 97.1 Å². The number of benzene rings is 5. The molecule has 0 unspecified atom stereocenters. The molecule has 0 radical (unpaired) electrons. The van der Waals surface area contributed by atoms with Gasteiger partial charge in [-0.05, 0) is 74.0 Å². The molecular weight excluding hydrogens is 467 g/mol. The van der Waals surface area contributed by atoms with Crippen LogP contribution in [0.4, 0.5) is 0 Å². The Morgan fingerprint density at radius 3 is 1.62 bits per heavy atom. The molecule has 0 spiro atoms. The average molecular weight is 484 g/mol. The summed E-state index contributed by atoms with van der Waals surface area (Å²) in [6.45, 7) is 0. The van der Waals surface area contributed by atoms with Crippen molar-refractivity contribution in [2.24, 2.45) is 0 Å². The zero-order chi connectivity index (χ0) is 19.4. The number of fused-ring (bicyclic) bond motifs is 6. The first kappa shape index (κ1) is 17.0. The average Bonchev–Trinajstić information content (AvgIpc) is 2.78. The molecule has 138 valence electrons. The van der Waals surface area contributed by atoms with E-state index in [2.05, 4.69) is 120 Å². The third-order valence-electron chi connectivity index (χ3n) is 5.86. The molecule has 2 heteroatoms. The van der Waals surface area contributed by atoms with Crippen molar-refractivity contribution >= 4 is 44.1 Å². The van der Waals surface area contributed by atoms with Crippen LogP contribution in [0, 0.1) is 3.57 Å². The number of rotatable bonds is 1. The van der Waals surface area contributed by atoms with Crippen LogP contribution in [0.3, 0.4) is 0 Å². The summed E-state index contributed by atoms with van der Waals surface area (Å²) in [5.41, 5.74) is 3.81. The van der Waals surface area contributed by atoms with Crippen molar-refractivity contribution in [3.8, 4) is 11.5 Å². The second kappa shape index (κ2) is 6.60. The number of hydrogen-bond acceptors (Lipinski definition) is 1. The quantitative estimate of drug-likeness (QED) is 0.216. The first-order valence-electron chi connectivity index (χ1n) is 9.76. The summed E-state index contributed by atoms with van der Waals surface area (Å²) in [4.78, 5) is 0. The normalized spacial score (nSPS) is 13.1. The Morgan fingerprint density at radius 2 is 1.07 bits per heavy atom. The smallest absolute Gasteiger partial charge is 0.132 e. The van der Waals surface area contributed by atoms with Gasteiger partial charge in [0.25, 0.3) is 0 Å². The summed E-state index contributed by atoms with van der Waals surface area (Å²) in [7, 11) is 0. The van der Waals surface area contributed by atoms with Crippen LogP contribution in [-0.2, 0) is 0 Å². The molecule has 0 fully saturated rings. The molecule has 0 atom stereocenters. The molecule has 1 aliphatic heterocycles. The van der Waals surface area contributed by atoms with Gasteiger partial charge in [-0.1, -0.05) is 72.8 Å². The second-order valence-corrected chi connectivity index (χ2v) is 8.73. The van der Waals surface area contributed by atoms with E-state index < -0.39 is 0 Å². The fraction of sp³-hybridized carbons (Fsp3) is 0.0370. The summed E-state index contributed by atoms with van der Waals surface area (Å²) < 4.78 is 7.71. The van der Waals surface area contributed by atoms with Crippen LogP contribution in [0.1, 0.15) is 22.6 Å². The van der Waals surface area contributed by atoms with Crippen molar-refractivity contribution in [2.75, 3.05) is 0 Å². The largest absolute Gasteiger partial charge is 0.457 e. The first-order valence-corrected chi connectivity index (χ1v) is 10.8. The van der Waals surface area contributed by atoms with Gasteiger partial charge in [-0.25, -0.2) is 0 Å². The van der Waals surface area contributed by atoms with E-state index in [0.29, 0.717) is 0 Å². The lowest BCUT2D eigenvalue weighted by Crippen LogP contribution is -2.13. The van der Waals surface area contributed by atoms with Crippen molar-refractivity contribution in [1.82, 2.24) is 0 Å². The highest BCUT2D eigenvalue weighted by Gasteiger charge is 2.31. The van der Waals surface area contributed by atoms with Gasteiger partial charge in [0.2, 0.25) is 0 Å². The maximum Gasteiger partial charge on any atom is 0.132 e. The lowest BCUT2D eigenvalue weighted by atomic mass is 9.78. The van der Waals surface area contributed by atoms with Crippen molar-refractivity contribution < 1.29 is 4.74 Å². The molecule has 0 amide bonds. The molecular formula is C27H17IO. The Morgan fingerprint density at radius 1 is 0.552 bits per heavy atom. The van der Waals surface area contributed by atoms with E-state index in [1.54, 1.807) is 0 Å². The van der Waals surface area contributed by atoms with Crippen molar-refractivity contribution in [3.63, 3.8) is 0 Å². The highest BCUT2D eigenvalue weighted by molar-refractivity contribution is 14.1. The van der Waals surface area contributed by atoms with Crippen molar-refractivity contribution in [2.45, 2.75) is 5.92 Å². The van der Waals surface area contributed by atoms with Gasteiger partial charge in [0, 0.05) is 20.6 Å². The minimum Gasteiger partial charge on any atom is -0.457 e. The van der Waals surface area contributed by atoms with E-state index in [9.17, 15) is 0 Å². The van der Waals surface area contributed by atoms with Crippen LogP contribution in [0.5, 0.6) is 11.5 Å². The van der Waals surface area contributed by atoms with Crippen molar-refractivity contribution in [1.29, 1.82) is 0 Å². The van der Waals surface area contributed by atoms with Crippen LogP contribution >= 0.6 is 22.6 Å². The zero-order valence-electron chi connectivity index (χ0n) is 15.6. The molecule has 5 aromatic carbocycles. The first-order chi connectivity index (χ1) is 14.3. The number of hydrogen-bond donors (Lipinski definition) is 0. The topological polar surface area (TPSA) is 9.23 Å². The summed E-state index contributed by atoms with van der Waals surface area (Å²) in [6, 6.07) is 34.7. The van der Waals surface area contributed by atoms with Gasteiger partial charge in [0.05, 0.1) is 0 Å². The Balaban J connectivity index is 1.75. The summed E-state index contributed by atoms with van der Waals surface area (Å²) in [5, 5.41) is 5.00. The van der Waals surface area contributed by atoms with Crippen molar-refractivity contribution in [3.05, 3.63) is 117 Å². The lowest BCUT2D eigenvalue weighted by Gasteiger charge is -2.31. The zero-order valence-corrected chi connectivity index (χ0v) is 17.8. The fourth-order valence-electron chi connectivity index (χ4n) is 4.58. The molecule has 0 saturated carbocycles. The Hall–Kier alpha value is -2.85. The molecule has 0 bridgehead atoms. The van der Waals surface area contributed by atoms with Gasteiger partial charge < -0.3 is 4.74 Å². The Labute approximate surface area is 183 Å². The Kier molecular flexibility index (Phi) is 3.88. The predicted octanol–water partition coefficient (Wildman–Crippen LogP) is 7.88. The predicted molar refractivity (Wildman–Crippen MR) is 128 cm³/mol. The summed E-state index contributed by atoms with van der Waals surface area (Å²) in [6.07, 6.45) is 0. The van der Waals surface area contributed by atoms with Gasteiger partial charge in [-0.3, -0.25) is 0 Å². The summed E-state index contributed by atoms with van der Waals surface area (Å²) >= 11 is 2.37. The molecule has 0 saturated heterocycles. The van der Waals surface area contributed by atoms with Gasteiger partial charge in [-0.15, -0.1) is 0 Å². The van der Waals surface area contributed by atoms with Gasteiger partial charge in [0.15, 0.2) is 0 Å². The van der Waals surface area contributed by atoms with Crippen LogP contribution in [-0.4, -0.2) is 0 Å². The molecule has 1 heterocycles. The second-order valence-electron chi connectivity index (χ2n) is 7.48. The molecule has 1 nitrogen and oxygen atoms in total. The molecule has 1 aliphatic rings. The summed E-state index contributed by atoms with van der Waals surface area (Å²) in [5.74, 6) is 2.04. The minimum absolute atomic E-state index is 0.128. The lowest BCUT2D eigenvalue weighted by molar-refractivity contribution is 0.456. The third kappa shape index (κ3) is 2.66. The molecule has 29 heavy (non-hydrogen) atoms. The van der Waals surface area contributed by atoms with Crippen LogP contribution in [0.2, 0.25) is 0 Å². The van der Waals surface area contributed by atoms with Crippen LogP contribution < -0.4 is 4.74 Å². The van der Waals surface area contributed by atoms with E-state index in [1.165, 1.54) is 41.8 Å². The Bertz CT molecular complexity index is 1300. The van der Waals surface area contributed by atoms with Crippen LogP contribution in [0.25, 0.3) is 21.5 Å². The van der Waals surface area contributed by atoms with Gasteiger partial charge in [-0.2, -0.15) is 0 Å². The number of halogens is 1. The third-order valence-corrected chi connectivity index (χ3v) is 6.58. The highest BCUT2D eigenvalue weighted by atomic mass is 127. The maximum atomic E-state index is 6.47. The van der Waals surface area contributed by atoms with E-state index in [-0.39, 0.29) is 5.92 Å². The van der Waals surface area contributed by atoms with E-state index >= 15 is 0 Å².